The van der Waals surface area contributed by atoms with E-state index in [0.29, 0.717) is 6.61 Å². The van der Waals surface area contributed by atoms with Crippen LogP contribution in [0.5, 0.6) is 0 Å². The fourth-order valence-corrected chi connectivity index (χ4v) is 5.88. The summed E-state index contributed by atoms with van der Waals surface area (Å²) in [7, 11) is 1.55. The number of para-hydroxylation sites is 1. The number of rotatable bonds is 3. The Balaban J connectivity index is 1.68. The molecule has 4 aliphatic heterocycles. The quantitative estimate of drug-likeness (QED) is 0.691. The highest BCUT2D eigenvalue weighted by molar-refractivity contribution is 6.14. The molecule has 1 aromatic rings. The minimum Gasteiger partial charge on any atom is -0.383 e. The number of amides is 3. The molecule has 3 fully saturated rings. The van der Waals surface area contributed by atoms with Crippen LogP contribution >= 0.6 is 0 Å². The van der Waals surface area contributed by atoms with E-state index in [9.17, 15) is 14.4 Å². The van der Waals surface area contributed by atoms with E-state index in [-0.39, 0.29) is 30.3 Å². The molecule has 5 rings (SSSR count). The van der Waals surface area contributed by atoms with Crippen molar-refractivity contribution in [3.63, 3.8) is 0 Å². The topological polar surface area (TPSA) is 80.1 Å². The fraction of sp³-hybridized carbons (Fsp3) is 0.526. The third-order valence-corrected chi connectivity index (χ3v) is 6.73. The molecule has 3 saturated heterocycles. The van der Waals surface area contributed by atoms with Crippen molar-refractivity contribution in [2.24, 2.45) is 11.8 Å². The molecule has 1 aromatic carbocycles. The predicted molar refractivity (Wildman–Crippen MR) is 91.2 cm³/mol. The van der Waals surface area contributed by atoms with Gasteiger partial charge >= 0.3 is 0 Å². The van der Waals surface area contributed by atoms with Crippen LogP contribution in [0.15, 0.2) is 24.3 Å². The van der Waals surface area contributed by atoms with Crippen LogP contribution in [0, 0.1) is 11.8 Å². The first kappa shape index (κ1) is 16.0. The number of methoxy groups -OCH3 is 1. The van der Waals surface area contributed by atoms with E-state index < -0.39 is 17.4 Å². The number of fused-ring (bicyclic) bond motifs is 7. The Morgan fingerprint density at radius 3 is 2.88 bits per heavy atom. The van der Waals surface area contributed by atoms with Gasteiger partial charge in [0.25, 0.3) is 5.91 Å². The summed E-state index contributed by atoms with van der Waals surface area (Å²) < 4.78 is 5.07. The Bertz CT molecular complexity index is 825. The number of imide groups is 1. The lowest BCUT2D eigenvalue weighted by molar-refractivity contribution is -0.948. The zero-order valence-electron chi connectivity index (χ0n) is 14.7. The zero-order valence-corrected chi connectivity index (χ0v) is 14.7. The van der Waals surface area contributed by atoms with Crippen LogP contribution in [-0.4, -0.2) is 55.5 Å². The van der Waals surface area contributed by atoms with E-state index in [1.165, 1.54) is 4.90 Å². The highest BCUT2D eigenvalue weighted by atomic mass is 16.5. The second-order valence-corrected chi connectivity index (χ2v) is 7.66. The van der Waals surface area contributed by atoms with Gasteiger partial charge in [0.15, 0.2) is 0 Å². The molecule has 4 heterocycles. The largest absolute Gasteiger partial charge is 0.383 e. The van der Waals surface area contributed by atoms with Crippen LogP contribution in [0.2, 0.25) is 0 Å². The summed E-state index contributed by atoms with van der Waals surface area (Å²) in [5.74, 6) is -1.51. The van der Waals surface area contributed by atoms with Gasteiger partial charge in [-0.1, -0.05) is 18.2 Å². The molecule has 4 aliphatic rings. The van der Waals surface area contributed by atoms with Gasteiger partial charge in [0.05, 0.1) is 25.4 Å². The fourth-order valence-electron chi connectivity index (χ4n) is 5.88. The molecule has 5 atom stereocenters. The molecule has 26 heavy (non-hydrogen) atoms. The van der Waals surface area contributed by atoms with Crippen LogP contribution < -0.4 is 10.2 Å². The molecule has 7 nitrogen and oxygen atoms in total. The first-order valence-corrected chi connectivity index (χ1v) is 9.23. The summed E-state index contributed by atoms with van der Waals surface area (Å²) in [6.07, 6.45) is 1.85. The van der Waals surface area contributed by atoms with Crippen molar-refractivity contribution in [2.45, 2.75) is 24.4 Å². The number of hydrogen-bond acceptors (Lipinski definition) is 4. The SMILES string of the molecule is COCCN1C(=O)[C@H]2[C@@H](C1=O)[C@]1(C(=O)Nc3ccccc31)[NH+]1CCC[C@@H]21. The number of nitrogens with zero attached hydrogens (tertiary/aromatic N) is 1. The lowest BCUT2D eigenvalue weighted by Crippen LogP contribution is -3.19. The number of carbonyl (C=O) groups excluding carboxylic acids is 3. The van der Waals surface area contributed by atoms with Gasteiger partial charge in [0.2, 0.25) is 17.4 Å². The molecule has 2 N–H and O–H groups in total. The van der Waals surface area contributed by atoms with E-state index in [1.54, 1.807) is 7.11 Å². The number of hydrogen-bond donors (Lipinski definition) is 2. The smallest absolute Gasteiger partial charge is 0.291 e. The molecule has 7 heteroatoms. The highest BCUT2D eigenvalue weighted by Gasteiger charge is 2.78. The monoisotopic (exact) mass is 356 g/mol. The third kappa shape index (κ3) is 1.68. The number of likely N-dealkylation sites (tertiary alicyclic amines) is 1. The Morgan fingerprint density at radius 2 is 2.08 bits per heavy atom. The lowest BCUT2D eigenvalue weighted by Gasteiger charge is -2.33. The third-order valence-electron chi connectivity index (χ3n) is 6.73. The van der Waals surface area contributed by atoms with E-state index >= 15 is 0 Å². The van der Waals surface area contributed by atoms with E-state index in [0.717, 1.165) is 35.5 Å². The van der Waals surface area contributed by atoms with Gasteiger partial charge in [-0.05, 0) is 6.07 Å². The molecule has 0 aromatic heterocycles. The number of ether oxygens (including phenoxy) is 1. The highest BCUT2D eigenvalue weighted by Crippen LogP contribution is 2.51. The Kier molecular flexibility index (Phi) is 3.30. The molecule has 1 unspecified atom stereocenters. The van der Waals surface area contributed by atoms with Crippen LogP contribution in [0.25, 0.3) is 0 Å². The van der Waals surface area contributed by atoms with Crippen molar-refractivity contribution >= 4 is 23.4 Å². The van der Waals surface area contributed by atoms with Gasteiger partial charge in [-0.2, -0.15) is 0 Å². The van der Waals surface area contributed by atoms with E-state index in [1.807, 2.05) is 24.3 Å². The van der Waals surface area contributed by atoms with Crippen molar-refractivity contribution in [3.05, 3.63) is 29.8 Å². The van der Waals surface area contributed by atoms with Crippen molar-refractivity contribution in [3.8, 4) is 0 Å². The summed E-state index contributed by atoms with van der Waals surface area (Å²) >= 11 is 0. The van der Waals surface area contributed by atoms with E-state index in [4.69, 9.17) is 4.74 Å². The van der Waals surface area contributed by atoms with Crippen LogP contribution in [0.1, 0.15) is 18.4 Å². The molecule has 136 valence electrons. The van der Waals surface area contributed by atoms with Gasteiger partial charge in [-0.15, -0.1) is 0 Å². The standard InChI is InChI=1S/C19H21N3O4/c1-26-10-9-21-16(23)14-13-7-4-8-22(13)19(15(14)17(21)24)11-5-2-3-6-12(11)20-18(19)25/h2-3,5-6,13-15H,4,7-10H2,1H3,(H,20,25)/p+1/t13-,14+,15-,19+/m0/s1. The number of carbonyl (C=O) groups is 3. The summed E-state index contributed by atoms with van der Waals surface area (Å²) in [5, 5.41) is 2.98. The molecule has 1 spiro atoms. The van der Waals surface area contributed by atoms with Gasteiger partial charge in [-0.3, -0.25) is 19.3 Å². The van der Waals surface area contributed by atoms with Crippen LogP contribution in [0.3, 0.4) is 0 Å². The van der Waals surface area contributed by atoms with E-state index in [2.05, 4.69) is 5.32 Å². The van der Waals surface area contributed by atoms with Crippen molar-refractivity contribution < 1.29 is 24.0 Å². The van der Waals surface area contributed by atoms with Crippen LogP contribution in [-0.2, 0) is 24.7 Å². The molecule has 0 bridgehead atoms. The average Bonchev–Trinajstić information content (AvgIpc) is 3.33. The normalized spacial score (nSPS) is 37.3. The van der Waals surface area contributed by atoms with Crippen LogP contribution in [0.4, 0.5) is 5.69 Å². The first-order valence-electron chi connectivity index (χ1n) is 9.23. The second-order valence-electron chi connectivity index (χ2n) is 7.66. The number of nitrogens with one attached hydrogen (secondary N) is 2. The molecular formula is C19H22N3O4+. The van der Waals surface area contributed by atoms with Gasteiger partial charge < -0.3 is 15.0 Å². The summed E-state index contributed by atoms with van der Waals surface area (Å²) in [4.78, 5) is 42.1. The minimum atomic E-state index is -0.975. The number of anilines is 1. The van der Waals surface area contributed by atoms with Gasteiger partial charge in [-0.25, -0.2) is 0 Å². The first-order chi connectivity index (χ1) is 12.6. The Morgan fingerprint density at radius 1 is 1.27 bits per heavy atom. The van der Waals surface area contributed by atoms with Gasteiger partial charge in [0, 0.05) is 25.5 Å². The second kappa shape index (κ2) is 5.37. The molecule has 0 aliphatic carbocycles. The Hall–Kier alpha value is -2.25. The van der Waals surface area contributed by atoms with Crippen molar-refractivity contribution in [1.82, 2.24) is 4.90 Å². The molecule has 0 saturated carbocycles. The van der Waals surface area contributed by atoms with Crippen molar-refractivity contribution in [1.29, 1.82) is 0 Å². The number of quaternary nitrogens is 1. The van der Waals surface area contributed by atoms with Crippen molar-refractivity contribution in [2.75, 3.05) is 32.1 Å². The average molecular weight is 356 g/mol. The molecule has 3 amide bonds. The molecule has 0 radical (unpaired) electrons. The summed E-state index contributed by atoms with van der Waals surface area (Å²) in [6.45, 7) is 1.38. The summed E-state index contributed by atoms with van der Waals surface area (Å²) in [6, 6.07) is 7.63. The minimum absolute atomic E-state index is 0.0286. The maximum atomic E-state index is 13.3. The zero-order chi connectivity index (χ0) is 18.1. The molecular weight excluding hydrogens is 334 g/mol. The van der Waals surface area contributed by atoms with Gasteiger partial charge in [0.1, 0.15) is 17.9 Å². The lowest BCUT2D eigenvalue weighted by atomic mass is 9.75. The predicted octanol–water partition coefficient (Wildman–Crippen LogP) is -0.857. The maximum absolute atomic E-state index is 13.3. The number of benzene rings is 1. The summed E-state index contributed by atoms with van der Waals surface area (Å²) in [5.41, 5.74) is 0.665. The maximum Gasteiger partial charge on any atom is 0.291 e. The Labute approximate surface area is 151 Å².